The van der Waals surface area contributed by atoms with Crippen molar-refractivity contribution in [3.8, 4) is 0 Å². The number of amides is 1. The van der Waals surface area contributed by atoms with Crippen molar-refractivity contribution in [2.45, 2.75) is 32.2 Å². The second-order valence-electron chi connectivity index (χ2n) is 6.06. The van der Waals surface area contributed by atoms with Crippen molar-refractivity contribution in [1.29, 1.82) is 0 Å². The summed E-state index contributed by atoms with van der Waals surface area (Å²) in [4.78, 5) is 33.9. The highest BCUT2D eigenvalue weighted by atomic mass is 16.4. The van der Waals surface area contributed by atoms with Gasteiger partial charge in [0.1, 0.15) is 0 Å². The van der Waals surface area contributed by atoms with Crippen LogP contribution in [0.25, 0.3) is 11.0 Å². The van der Waals surface area contributed by atoms with E-state index in [1.54, 1.807) is 17.3 Å². The van der Waals surface area contributed by atoms with Gasteiger partial charge in [-0.2, -0.15) is 0 Å². The third-order valence-electron chi connectivity index (χ3n) is 4.44. The number of carbonyl (C=O) groups excluding carboxylic acids is 1. The molecule has 1 N–H and O–H groups in total. The van der Waals surface area contributed by atoms with Gasteiger partial charge in [0, 0.05) is 25.0 Å². The predicted molar refractivity (Wildman–Crippen MR) is 84.8 cm³/mol. The zero-order valence-corrected chi connectivity index (χ0v) is 13.0. The average Bonchev–Trinajstić information content (AvgIpc) is 2.54. The van der Waals surface area contributed by atoms with Crippen LogP contribution in [0.2, 0.25) is 0 Å². The Labute approximate surface area is 134 Å². The van der Waals surface area contributed by atoms with Gasteiger partial charge in [0.05, 0.1) is 23.4 Å². The van der Waals surface area contributed by atoms with E-state index in [1.807, 2.05) is 25.1 Å². The van der Waals surface area contributed by atoms with Gasteiger partial charge in [0.15, 0.2) is 0 Å². The minimum atomic E-state index is -0.823. The van der Waals surface area contributed by atoms with Crippen LogP contribution in [0.3, 0.4) is 0 Å². The van der Waals surface area contributed by atoms with Crippen LogP contribution >= 0.6 is 0 Å². The first-order chi connectivity index (χ1) is 11.0. The Morgan fingerprint density at radius 2 is 1.96 bits per heavy atom. The molecule has 6 heteroatoms. The normalized spacial score (nSPS) is 21.3. The Hall–Kier alpha value is -2.50. The molecule has 1 saturated heterocycles. The van der Waals surface area contributed by atoms with Gasteiger partial charge >= 0.3 is 5.97 Å². The van der Waals surface area contributed by atoms with Gasteiger partial charge in [0.2, 0.25) is 5.91 Å². The molecule has 0 unspecified atom stereocenters. The molecule has 0 radical (unpaired) electrons. The Morgan fingerprint density at radius 1 is 1.22 bits per heavy atom. The largest absolute Gasteiger partial charge is 0.481 e. The molecule has 1 fully saturated rings. The summed E-state index contributed by atoms with van der Waals surface area (Å²) in [6.45, 7) is 2.27. The molecule has 1 amide bonds. The molecule has 0 spiro atoms. The molecule has 2 atom stereocenters. The molecule has 1 aromatic heterocycles. The van der Waals surface area contributed by atoms with E-state index in [9.17, 15) is 14.7 Å². The lowest BCUT2D eigenvalue weighted by Crippen LogP contribution is -2.47. The van der Waals surface area contributed by atoms with E-state index in [-0.39, 0.29) is 18.4 Å². The summed E-state index contributed by atoms with van der Waals surface area (Å²) < 4.78 is 0. The number of hydrogen-bond donors (Lipinski definition) is 1. The topological polar surface area (TPSA) is 83.4 Å². The maximum Gasteiger partial charge on any atom is 0.308 e. The summed E-state index contributed by atoms with van der Waals surface area (Å²) in [5.74, 6) is -1.32. The number of rotatable bonds is 3. The molecule has 6 nitrogen and oxygen atoms in total. The van der Waals surface area contributed by atoms with Gasteiger partial charge in [0.25, 0.3) is 0 Å². The second kappa shape index (κ2) is 6.32. The van der Waals surface area contributed by atoms with Gasteiger partial charge in [-0.1, -0.05) is 6.07 Å². The number of nitrogens with zero attached hydrogens (tertiary/aromatic N) is 3. The molecular weight excluding hydrogens is 294 g/mol. The van der Waals surface area contributed by atoms with E-state index in [0.29, 0.717) is 13.0 Å². The molecule has 120 valence electrons. The molecule has 1 aliphatic rings. The molecule has 2 heterocycles. The van der Waals surface area contributed by atoms with E-state index in [4.69, 9.17) is 0 Å². The number of piperidine rings is 1. The maximum absolute atomic E-state index is 12.6. The first kappa shape index (κ1) is 15.4. The Kier molecular flexibility index (Phi) is 4.23. The highest BCUT2D eigenvalue weighted by Crippen LogP contribution is 2.23. The molecule has 0 saturated carbocycles. The number of aromatic nitrogens is 2. The second-order valence-corrected chi connectivity index (χ2v) is 6.06. The van der Waals surface area contributed by atoms with Crippen LogP contribution in [0.15, 0.2) is 30.6 Å². The number of carboxylic acids is 1. The van der Waals surface area contributed by atoms with E-state index in [2.05, 4.69) is 9.97 Å². The van der Waals surface area contributed by atoms with Gasteiger partial charge in [-0.25, -0.2) is 0 Å². The fraction of sp³-hybridized carbons (Fsp3) is 0.412. The lowest BCUT2D eigenvalue weighted by atomic mass is 9.93. The van der Waals surface area contributed by atoms with Crippen LogP contribution in [0, 0.1) is 5.92 Å². The summed E-state index contributed by atoms with van der Waals surface area (Å²) in [6, 6.07) is 5.67. The number of carboxylic acid groups (broad SMARTS) is 1. The lowest BCUT2D eigenvalue weighted by molar-refractivity contribution is -0.146. The van der Waals surface area contributed by atoms with Gasteiger partial charge in [-0.15, -0.1) is 0 Å². The van der Waals surface area contributed by atoms with Gasteiger partial charge in [-0.05, 0) is 37.5 Å². The summed E-state index contributed by atoms with van der Waals surface area (Å²) in [5, 5.41) is 9.18. The Bertz CT molecular complexity index is 747. The highest BCUT2D eigenvalue weighted by molar-refractivity contribution is 5.82. The van der Waals surface area contributed by atoms with Crippen molar-refractivity contribution >= 4 is 22.9 Å². The molecule has 0 aliphatic carbocycles. The van der Waals surface area contributed by atoms with E-state index >= 15 is 0 Å². The Balaban J connectivity index is 1.75. The molecule has 0 bridgehead atoms. The van der Waals surface area contributed by atoms with Crippen molar-refractivity contribution in [2.75, 3.05) is 6.54 Å². The Morgan fingerprint density at radius 3 is 2.70 bits per heavy atom. The highest BCUT2D eigenvalue weighted by Gasteiger charge is 2.32. The number of fused-ring (bicyclic) bond motifs is 1. The first-order valence-corrected chi connectivity index (χ1v) is 7.76. The van der Waals surface area contributed by atoms with Crippen molar-refractivity contribution in [3.05, 3.63) is 36.2 Å². The summed E-state index contributed by atoms with van der Waals surface area (Å²) in [7, 11) is 0. The van der Waals surface area contributed by atoms with Crippen LogP contribution in [-0.2, 0) is 16.0 Å². The summed E-state index contributed by atoms with van der Waals surface area (Å²) in [5.41, 5.74) is 2.42. The maximum atomic E-state index is 12.6. The minimum absolute atomic E-state index is 0.0355. The monoisotopic (exact) mass is 313 g/mol. The first-order valence-electron chi connectivity index (χ1n) is 7.76. The van der Waals surface area contributed by atoms with E-state index < -0.39 is 11.9 Å². The zero-order chi connectivity index (χ0) is 16.4. The van der Waals surface area contributed by atoms with E-state index in [0.717, 1.165) is 23.0 Å². The van der Waals surface area contributed by atoms with Gasteiger partial charge in [-0.3, -0.25) is 19.6 Å². The fourth-order valence-corrected chi connectivity index (χ4v) is 3.05. The number of aliphatic carboxylic acids is 1. The van der Waals surface area contributed by atoms with Crippen LogP contribution in [-0.4, -0.2) is 44.4 Å². The summed E-state index contributed by atoms with van der Waals surface area (Å²) in [6.07, 6.45) is 4.87. The molecule has 1 aromatic carbocycles. The quantitative estimate of drug-likeness (QED) is 0.935. The number of hydrogen-bond acceptors (Lipinski definition) is 4. The zero-order valence-electron chi connectivity index (χ0n) is 13.0. The number of likely N-dealkylation sites (tertiary alicyclic amines) is 1. The van der Waals surface area contributed by atoms with Crippen molar-refractivity contribution in [3.63, 3.8) is 0 Å². The standard InChI is InChI=1S/C17H19N3O3/c1-11-2-4-13(17(22)23)10-20(11)16(21)9-12-3-5-14-15(8-12)19-7-6-18-14/h3,5-8,11,13H,2,4,9-10H2,1H3,(H,22,23)/t11-,13+/m0/s1. The lowest BCUT2D eigenvalue weighted by Gasteiger charge is -2.36. The minimum Gasteiger partial charge on any atom is -0.481 e. The van der Waals surface area contributed by atoms with Crippen LogP contribution in [0.1, 0.15) is 25.3 Å². The van der Waals surface area contributed by atoms with Crippen LogP contribution in [0.4, 0.5) is 0 Å². The third-order valence-corrected chi connectivity index (χ3v) is 4.44. The van der Waals surface area contributed by atoms with Crippen LogP contribution < -0.4 is 0 Å². The fourth-order valence-electron chi connectivity index (χ4n) is 3.05. The van der Waals surface area contributed by atoms with E-state index in [1.165, 1.54) is 0 Å². The predicted octanol–water partition coefficient (Wildman–Crippen LogP) is 1.88. The molecule has 2 aromatic rings. The average molecular weight is 313 g/mol. The molecule has 1 aliphatic heterocycles. The SMILES string of the molecule is C[C@H]1CC[C@@H](C(=O)O)CN1C(=O)Cc1ccc2nccnc2c1. The van der Waals surface area contributed by atoms with Gasteiger partial charge < -0.3 is 10.0 Å². The number of carbonyl (C=O) groups is 2. The molecular formula is C17H19N3O3. The van der Waals surface area contributed by atoms with Crippen molar-refractivity contribution < 1.29 is 14.7 Å². The number of benzene rings is 1. The molecule has 23 heavy (non-hydrogen) atoms. The smallest absolute Gasteiger partial charge is 0.308 e. The molecule has 3 rings (SSSR count). The van der Waals surface area contributed by atoms with Crippen LogP contribution in [0.5, 0.6) is 0 Å². The third kappa shape index (κ3) is 3.31. The van der Waals surface area contributed by atoms with Crippen molar-refractivity contribution in [2.24, 2.45) is 5.92 Å². The van der Waals surface area contributed by atoms with Crippen molar-refractivity contribution in [1.82, 2.24) is 14.9 Å². The summed E-state index contributed by atoms with van der Waals surface area (Å²) >= 11 is 0.